The van der Waals surface area contributed by atoms with E-state index in [2.05, 4.69) is 21.6 Å². The summed E-state index contributed by atoms with van der Waals surface area (Å²) in [4.78, 5) is 0. The van der Waals surface area contributed by atoms with E-state index in [1.54, 1.807) is 18.2 Å². The molecule has 0 atom stereocenters. The topological polar surface area (TPSA) is 81.8 Å². The molecule has 2 N–H and O–H groups in total. The molecule has 0 aliphatic rings. The van der Waals surface area contributed by atoms with Crippen molar-refractivity contribution in [2.24, 2.45) is 0 Å². The molecule has 0 aliphatic carbocycles. The van der Waals surface area contributed by atoms with Crippen LogP contribution in [0.5, 0.6) is 5.75 Å². The van der Waals surface area contributed by atoms with Crippen LogP contribution in [0, 0.1) is 11.3 Å². The van der Waals surface area contributed by atoms with E-state index in [0.717, 1.165) is 12.0 Å². The summed E-state index contributed by atoms with van der Waals surface area (Å²) < 4.78 is 0. The number of rotatable bonds is 4. The van der Waals surface area contributed by atoms with E-state index in [-0.39, 0.29) is 5.75 Å². The Morgan fingerprint density at radius 1 is 1.22 bits per heavy atom. The first-order valence-electron chi connectivity index (χ1n) is 5.53. The molecule has 2 rings (SSSR count). The molecule has 0 aliphatic heterocycles. The second-order valence-electron chi connectivity index (χ2n) is 3.75. The van der Waals surface area contributed by atoms with E-state index < -0.39 is 0 Å². The predicted molar refractivity (Wildman–Crippen MR) is 67.0 cm³/mol. The lowest BCUT2D eigenvalue weighted by atomic mass is 10.1. The molecule has 5 nitrogen and oxygen atoms in total. The Bertz CT molecular complexity index is 560. The van der Waals surface area contributed by atoms with Gasteiger partial charge in [-0.1, -0.05) is 12.1 Å². The summed E-state index contributed by atoms with van der Waals surface area (Å²) in [7, 11) is 0. The fourth-order valence-electron chi connectivity index (χ4n) is 1.54. The van der Waals surface area contributed by atoms with Gasteiger partial charge in [-0.2, -0.15) is 10.4 Å². The zero-order valence-corrected chi connectivity index (χ0v) is 9.67. The van der Waals surface area contributed by atoms with Crippen LogP contribution in [0.2, 0.25) is 0 Å². The van der Waals surface area contributed by atoms with Crippen molar-refractivity contribution in [2.45, 2.75) is 6.42 Å². The molecule has 0 spiro atoms. The van der Waals surface area contributed by atoms with Crippen LogP contribution in [0.25, 0.3) is 0 Å². The van der Waals surface area contributed by atoms with E-state index in [4.69, 9.17) is 10.4 Å². The standard InChI is InChI=1S/C13H12N4O/c14-9-11-6-8-16-17-13(11)15-7-5-10-1-3-12(18)4-2-10/h1-4,6,8,18H,5,7H2,(H,15,17). The second kappa shape index (κ2) is 5.64. The largest absolute Gasteiger partial charge is 0.508 e. The van der Waals surface area contributed by atoms with Gasteiger partial charge in [-0.3, -0.25) is 0 Å². The first kappa shape index (κ1) is 11.9. The average molecular weight is 240 g/mol. The van der Waals surface area contributed by atoms with Gasteiger partial charge in [0.1, 0.15) is 11.8 Å². The monoisotopic (exact) mass is 240 g/mol. The van der Waals surface area contributed by atoms with Crippen molar-refractivity contribution in [1.29, 1.82) is 5.26 Å². The summed E-state index contributed by atoms with van der Waals surface area (Å²) in [6.07, 6.45) is 2.27. The Hall–Kier alpha value is -2.61. The van der Waals surface area contributed by atoms with Gasteiger partial charge in [-0.05, 0) is 30.2 Å². The summed E-state index contributed by atoms with van der Waals surface area (Å²) in [5.41, 5.74) is 1.58. The average Bonchev–Trinajstić information content (AvgIpc) is 2.41. The van der Waals surface area contributed by atoms with E-state index >= 15 is 0 Å². The lowest BCUT2D eigenvalue weighted by Crippen LogP contribution is -2.08. The van der Waals surface area contributed by atoms with Crippen molar-refractivity contribution >= 4 is 5.82 Å². The predicted octanol–water partition coefficient (Wildman–Crippen LogP) is 1.71. The van der Waals surface area contributed by atoms with Gasteiger partial charge in [-0.25, -0.2) is 0 Å². The highest BCUT2D eigenvalue weighted by molar-refractivity contribution is 5.50. The summed E-state index contributed by atoms with van der Waals surface area (Å²) in [6.45, 7) is 0.651. The molecule has 18 heavy (non-hydrogen) atoms. The number of nitrogens with zero attached hydrogens (tertiary/aromatic N) is 3. The molecule has 0 radical (unpaired) electrons. The quantitative estimate of drug-likeness (QED) is 0.850. The number of anilines is 1. The molecule has 0 bridgehead atoms. The number of hydrogen-bond donors (Lipinski definition) is 2. The minimum Gasteiger partial charge on any atom is -0.508 e. The fourth-order valence-corrected chi connectivity index (χ4v) is 1.54. The smallest absolute Gasteiger partial charge is 0.166 e. The number of benzene rings is 1. The van der Waals surface area contributed by atoms with Crippen molar-refractivity contribution in [1.82, 2.24) is 10.2 Å². The molecule has 2 aromatic rings. The minimum atomic E-state index is 0.257. The van der Waals surface area contributed by atoms with Crippen LogP contribution in [0.1, 0.15) is 11.1 Å². The highest BCUT2D eigenvalue weighted by Crippen LogP contribution is 2.11. The third-order valence-corrected chi connectivity index (χ3v) is 2.48. The Balaban J connectivity index is 1.93. The summed E-state index contributed by atoms with van der Waals surface area (Å²) in [5.74, 6) is 0.756. The van der Waals surface area contributed by atoms with E-state index in [1.165, 1.54) is 6.20 Å². The molecule has 0 saturated carbocycles. The first-order valence-corrected chi connectivity index (χ1v) is 5.53. The molecule has 1 heterocycles. The van der Waals surface area contributed by atoms with Crippen LogP contribution in [-0.2, 0) is 6.42 Å². The third-order valence-electron chi connectivity index (χ3n) is 2.48. The molecule has 90 valence electrons. The van der Waals surface area contributed by atoms with Gasteiger partial charge in [0.2, 0.25) is 0 Å². The second-order valence-corrected chi connectivity index (χ2v) is 3.75. The molecular weight excluding hydrogens is 228 g/mol. The van der Waals surface area contributed by atoms with E-state index in [0.29, 0.717) is 17.9 Å². The van der Waals surface area contributed by atoms with Gasteiger partial charge in [0, 0.05) is 6.54 Å². The van der Waals surface area contributed by atoms with Crippen molar-refractivity contribution in [3.8, 4) is 11.8 Å². The normalized spacial score (nSPS) is 9.72. The van der Waals surface area contributed by atoms with Crippen LogP contribution < -0.4 is 5.32 Å². The molecule has 0 saturated heterocycles. The van der Waals surface area contributed by atoms with Crippen molar-refractivity contribution < 1.29 is 5.11 Å². The number of nitriles is 1. The lowest BCUT2D eigenvalue weighted by Gasteiger charge is -2.06. The van der Waals surface area contributed by atoms with Gasteiger partial charge in [0.05, 0.1) is 11.8 Å². The van der Waals surface area contributed by atoms with Gasteiger partial charge in [-0.15, -0.1) is 5.10 Å². The molecule has 1 aromatic heterocycles. The van der Waals surface area contributed by atoms with Gasteiger partial charge >= 0.3 is 0 Å². The minimum absolute atomic E-state index is 0.257. The van der Waals surface area contributed by atoms with Gasteiger partial charge < -0.3 is 10.4 Å². The van der Waals surface area contributed by atoms with E-state index in [1.807, 2.05) is 12.1 Å². The maximum atomic E-state index is 9.16. The molecule has 0 fully saturated rings. The molecule has 0 amide bonds. The Morgan fingerprint density at radius 3 is 2.72 bits per heavy atom. The maximum absolute atomic E-state index is 9.16. The zero-order chi connectivity index (χ0) is 12.8. The Labute approximate surface area is 105 Å². The SMILES string of the molecule is N#Cc1ccnnc1NCCc1ccc(O)cc1. The maximum Gasteiger partial charge on any atom is 0.166 e. The van der Waals surface area contributed by atoms with E-state index in [9.17, 15) is 0 Å². The van der Waals surface area contributed by atoms with Crippen LogP contribution in [0.4, 0.5) is 5.82 Å². The number of nitrogens with one attached hydrogen (secondary N) is 1. The zero-order valence-electron chi connectivity index (χ0n) is 9.67. The van der Waals surface area contributed by atoms with Crippen LogP contribution in [0.3, 0.4) is 0 Å². The van der Waals surface area contributed by atoms with Crippen LogP contribution in [0.15, 0.2) is 36.5 Å². The highest BCUT2D eigenvalue weighted by atomic mass is 16.3. The summed E-state index contributed by atoms with van der Waals surface area (Å²) in [6, 6.07) is 10.7. The summed E-state index contributed by atoms with van der Waals surface area (Å²) >= 11 is 0. The molecule has 5 heteroatoms. The number of aromatic nitrogens is 2. The summed E-state index contributed by atoms with van der Waals surface area (Å²) in [5, 5.41) is 28.7. The number of phenols is 1. The van der Waals surface area contributed by atoms with Crippen molar-refractivity contribution in [2.75, 3.05) is 11.9 Å². The molecule has 1 aromatic carbocycles. The molecular formula is C13H12N4O. The Morgan fingerprint density at radius 2 is 2.00 bits per heavy atom. The van der Waals surface area contributed by atoms with Crippen LogP contribution in [-0.4, -0.2) is 21.8 Å². The van der Waals surface area contributed by atoms with Crippen molar-refractivity contribution in [3.63, 3.8) is 0 Å². The molecule has 0 unspecified atom stereocenters. The number of phenolic OH excluding ortho intramolecular Hbond substituents is 1. The van der Waals surface area contributed by atoms with Crippen LogP contribution >= 0.6 is 0 Å². The highest BCUT2D eigenvalue weighted by Gasteiger charge is 2.02. The van der Waals surface area contributed by atoms with Crippen molar-refractivity contribution in [3.05, 3.63) is 47.7 Å². The third kappa shape index (κ3) is 2.95. The lowest BCUT2D eigenvalue weighted by molar-refractivity contribution is 0.475. The Kier molecular flexibility index (Phi) is 3.72. The number of aromatic hydroxyl groups is 1. The first-order chi connectivity index (χ1) is 8.79. The van der Waals surface area contributed by atoms with Gasteiger partial charge in [0.15, 0.2) is 5.82 Å². The fraction of sp³-hybridized carbons (Fsp3) is 0.154. The number of hydrogen-bond acceptors (Lipinski definition) is 5. The van der Waals surface area contributed by atoms with Gasteiger partial charge in [0.25, 0.3) is 0 Å².